The fraction of sp³-hybridized carbons (Fsp3) is 0.571. The van der Waals surface area contributed by atoms with Gasteiger partial charge in [0.25, 0.3) is 0 Å². The number of halogens is 2. The van der Waals surface area contributed by atoms with Crippen LogP contribution in [0.2, 0.25) is 10.0 Å². The van der Waals surface area contributed by atoms with Gasteiger partial charge < -0.3 is 10.4 Å². The fourth-order valence-electron chi connectivity index (χ4n) is 2.58. The van der Waals surface area contributed by atoms with Crippen molar-refractivity contribution in [2.24, 2.45) is 0 Å². The van der Waals surface area contributed by atoms with Crippen LogP contribution < -0.4 is 5.32 Å². The molecule has 1 aromatic rings. The average molecular weight is 288 g/mol. The van der Waals surface area contributed by atoms with Crippen molar-refractivity contribution in [3.63, 3.8) is 0 Å². The van der Waals surface area contributed by atoms with Crippen LogP contribution in [0.5, 0.6) is 0 Å². The molecule has 1 unspecified atom stereocenters. The summed E-state index contributed by atoms with van der Waals surface area (Å²) in [4.78, 5) is 0. The number of rotatable bonds is 4. The normalized spacial score (nSPS) is 20.0. The second kappa shape index (κ2) is 5.79. The lowest BCUT2D eigenvalue weighted by atomic mass is 9.91. The highest BCUT2D eigenvalue weighted by Gasteiger charge is 2.30. The number of nitrogens with one attached hydrogen (secondary N) is 1. The smallest absolute Gasteiger partial charge is 0.0652 e. The van der Waals surface area contributed by atoms with Crippen LogP contribution in [0.3, 0.4) is 0 Å². The third-order valence-corrected chi connectivity index (χ3v) is 4.49. The number of hydrogen-bond donors (Lipinski definition) is 2. The zero-order valence-corrected chi connectivity index (χ0v) is 12.1. The van der Waals surface area contributed by atoms with Gasteiger partial charge in [0.05, 0.1) is 22.2 Å². The maximum Gasteiger partial charge on any atom is 0.0652 e. The van der Waals surface area contributed by atoms with E-state index in [4.69, 9.17) is 23.2 Å². The minimum atomic E-state index is -0.455. The van der Waals surface area contributed by atoms with E-state index in [0.29, 0.717) is 16.1 Å². The summed E-state index contributed by atoms with van der Waals surface area (Å²) >= 11 is 12.0. The number of aliphatic hydroxyl groups is 1. The number of benzene rings is 1. The molecule has 0 aliphatic heterocycles. The SMILES string of the molecule is CC(CO)(NC1CCCC1)c1ccc(Cl)c(Cl)c1. The maximum atomic E-state index is 9.72. The van der Waals surface area contributed by atoms with Crippen molar-refractivity contribution in [1.82, 2.24) is 5.32 Å². The van der Waals surface area contributed by atoms with Gasteiger partial charge in [-0.05, 0) is 37.5 Å². The fourth-order valence-corrected chi connectivity index (χ4v) is 2.88. The minimum absolute atomic E-state index is 0.0431. The molecule has 18 heavy (non-hydrogen) atoms. The molecule has 0 radical (unpaired) electrons. The van der Waals surface area contributed by atoms with Gasteiger partial charge in [0, 0.05) is 6.04 Å². The molecule has 100 valence electrons. The second-order valence-corrected chi connectivity index (χ2v) is 6.06. The lowest BCUT2D eigenvalue weighted by molar-refractivity contribution is 0.161. The summed E-state index contributed by atoms with van der Waals surface area (Å²) in [7, 11) is 0. The Bertz CT molecular complexity index is 418. The van der Waals surface area contributed by atoms with E-state index in [0.717, 1.165) is 5.56 Å². The van der Waals surface area contributed by atoms with E-state index >= 15 is 0 Å². The molecule has 4 heteroatoms. The first-order valence-electron chi connectivity index (χ1n) is 6.39. The first kappa shape index (κ1) is 14.1. The van der Waals surface area contributed by atoms with Crippen LogP contribution in [0.15, 0.2) is 18.2 Å². The molecule has 0 heterocycles. The van der Waals surface area contributed by atoms with Crippen LogP contribution in [-0.2, 0) is 5.54 Å². The Morgan fingerprint density at radius 3 is 2.50 bits per heavy atom. The molecule has 2 rings (SSSR count). The first-order valence-corrected chi connectivity index (χ1v) is 7.15. The Morgan fingerprint density at radius 2 is 1.94 bits per heavy atom. The van der Waals surface area contributed by atoms with Gasteiger partial charge in [0.15, 0.2) is 0 Å². The Hall–Kier alpha value is -0.280. The highest BCUT2D eigenvalue weighted by Crippen LogP contribution is 2.30. The largest absolute Gasteiger partial charge is 0.394 e. The number of aliphatic hydroxyl groups excluding tert-OH is 1. The molecule has 1 saturated carbocycles. The summed E-state index contributed by atoms with van der Waals surface area (Å²) in [5, 5.41) is 14.3. The molecule has 0 aromatic heterocycles. The van der Waals surface area contributed by atoms with E-state index in [1.807, 2.05) is 19.1 Å². The van der Waals surface area contributed by atoms with Gasteiger partial charge in [-0.1, -0.05) is 42.1 Å². The highest BCUT2D eigenvalue weighted by atomic mass is 35.5. The third kappa shape index (κ3) is 3.00. The Kier molecular flexibility index (Phi) is 4.54. The molecule has 1 atom stereocenters. The molecule has 0 bridgehead atoms. The van der Waals surface area contributed by atoms with E-state index in [2.05, 4.69) is 5.32 Å². The Morgan fingerprint density at radius 1 is 1.28 bits per heavy atom. The quantitative estimate of drug-likeness (QED) is 0.884. The van der Waals surface area contributed by atoms with Crippen molar-refractivity contribution in [1.29, 1.82) is 0 Å². The molecule has 2 nitrogen and oxygen atoms in total. The molecular weight excluding hydrogens is 269 g/mol. The van der Waals surface area contributed by atoms with E-state index in [9.17, 15) is 5.11 Å². The zero-order chi connectivity index (χ0) is 13.2. The highest BCUT2D eigenvalue weighted by molar-refractivity contribution is 6.42. The van der Waals surface area contributed by atoms with Gasteiger partial charge in [-0.15, -0.1) is 0 Å². The van der Waals surface area contributed by atoms with Crippen LogP contribution in [0.1, 0.15) is 38.2 Å². The van der Waals surface area contributed by atoms with Gasteiger partial charge in [0.2, 0.25) is 0 Å². The van der Waals surface area contributed by atoms with Crippen molar-refractivity contribution >= 4 is 23.2 Å². The van der Waals surface area contributed by atoms with Crippen molar-refractivity contribution in [2.75, 3.05) is 6.61 Å². The Balaban J connectivity index is 2.21. The van der Waals surface area contributed by atoms with Crippen molar-refractivity contribution in [3.8, 4) is 0 Å². The topological polar surface area (TPSA) is 32.3 Å². The molecule has 0 amide bonds. The van der Waals surface area contributed by atoms with Crippen molar-refractivity contribution < 1.29 is 5.11 Å². The lowest BCUT2D eigenvalue weighted by Gasteiger charge is -2.33. The molecular formula is C14H19Cl2NO. The van der Waals surface area contributed by atoms with E-state index in [1.54, 1.807) is 6.07 Å². The summed E-state index contributed by atoms with van der Waals surface area (Å²) in [6, 6.07) is 6.02. The van der Waals surface area contributed by atoms with E-state index in [1.165, 1.54) is 25.7 Å². The van der Waals surface area contributed by atoms with E-state index in [-0.39, 0.29) is 6.61 Å². The summed E-state index contributed by atoms with van der Waals surface area (Å²) in [6.45, 7) is 2.05. The van der Waals surface area contributed by atoms with Crippen molar-refractivity contribution in [3.05, 3.63) is 33.8 Å². The van der Waals surface area contributed by atoms with Crippen LogP contribution >= 0.6 is 23.2 Å². The van der Waals surface area contributed by atoms with Gasteiger partial charge >= 0.3 is 0 Å². The third-order valence-electron chi connectivity index (χ3n) is 3.75. The van der Waals surface area contributed by atoms with Gasteiger partial charge in [-0.2, -0.15) is 0 Å². The standard InChI is InChI=1S/C14H19Cl2NO/c1-14(9-18,17-11-4-2-3-5-11)10-6-7-12(15)13(16)8-10/h6-8,11,17-18H,2-5,9H2,1H3. The summed E-state index contributed by atoms with van der Waals surface area (Å²) in [6.07, 6.45) is 4.88. The van der Waals surface area contributed by atoms with Crippen LogP contribution in [0, 0.1) is 0 Å². The summed E-state index contributed by atoms with van der Waals surface area (Å²) < 4.78 is 0. The van der Waals surface area contributed by atoms with E-state index < -0.39 is 5.54 Å². The van der Waals surface area contributed by atoms with Crippen LogP contribution in [-0.4, -0.2) is 17.8 Å². The molecule has 1 fully saturated rings. The van der Waals surface area contributed by atoms with Crippen LogP contribution in [0.4, 0.5) is 0 Å². The average Bonchev–Trinajstić information content (AvgIpc) is 2.85. The van der Waals surface area contributed by atoms with Gasteiger partial charge in [0.1, 0.15) is 0 Å². The molecule has 2 N–H and O–H groups in total. The van der Waals surface area contributed by atoms with Gasteiger partial charge in [-0.3, -0.25) is 0 Å². The van der Waals surface area contributed by atoms with Gasteiger partial charge in [-0.25, -0.2) is 0 Å². The maximum absolute atomic E-state index is 9.72. The van der Waals surface area contributed by atoms with Crippen molar-refractivity contribution in [2.45, 2.75) is 44.2 Å². The minimum Gasteiger partial charge on any atom is -0.394 e. The lowest BCUT2D eigenvalue weighted by Crippen LogP contribution is -2.47. The second-order valence-electron chi connectivity index (χ2n) is 5.24. The summed E-state index contributed by atoms with van der Waals surface area (Å²) in [5.74, 6) is 0. The predicted molar refractivity (Wildman–Crippen MR) is 76.3 cm³/mol. The predicted octanol–water partition coefficient (Wildman–Crippen LogP) is 3.73. The molecule has 0 saturated heterocycles. The van der Waals surface area contributed by atoms with Crippen LogP contribution in [0.25, 0.3) is 0 Å². The molecule has 1 aromatic carbocycles. The monoisotopic (exact) mass is 287 g/mol. The summed E-state index contributed by atoms with van der Waals surface area (Å²) in [5.41, 5.74) is 0.523. The Labute approximate surface area is 118 Å². The number of hydrogen-bond acceptors (Lipinski definition) is 2. The zero-order valence-electron chi connectivity index (χ0n) is 10.5. The molecule has 1 aliphatic rings. The molecule has 0 spiro atoms. The molecule has 1 aliphatic carbocycles. The first-order chi connectivity index (χ1) is 8.55.